The maximum atomic E-state index is 2.44. The van der Waals surface area contributed by atoms with Crippen molar-refractivity contribution >= 4 is 71.9 Å². The second-order valence-electron chi connectivity index (χ2n) is 12.6. The van der Waals surface area contributed by atoms with E-state index in [-0.39, 0.29) is 0 Å². The zero-order valence-electron chi connectivity index (χ0n) is 26.1. The minimum Gasteiger partial charge on any atom is -0.308 e. The fourth-order valence-electron chi connectivity index (χ4n) is 7.51. The van der Waals surface area contributed by atoms with Crippen LogP contribution in [0.4, 0.5) is 17.1 Å². The van der Waals surface area contributed by atoms with Gasteiger partial charge in [0.25, 0.3) is 0 Å². The highest BCUT2D eigenvalue weighted by molar-refractivity contribution is 7.99. The third-order valence-electron chi connectivity index (χ3n) is 9.77. The Morgan fingerprint density at radius 1 is 0.312 bits per heavy atom. The molecule has 1 nitrogen and oxygen atoms in total. The molecule has 9 aromatic carbocycles. The third kappa shape index (κ3) is 4.34. The normalized spacial score (nSPS) is 12.5. The van der Waals surface area contributed by atoms with Crippen molar-refractivity contribution in [2.45, 2.75) is 9.79 Å². The number of para-hydroxylation sites is 2. The van der Waals surface area contributed by atoms with Crippen molar-refractivity contribution in [3.8, 4) is 22.3 Å². The van der Waals surface area contributed by atoms with Crippen molar-refractivity contribution < 1.29 is 0 Å². The van der Waals surface area contributed by atoms with Gasteiger partial charge in [-0.25, -0.2) is 0 Å². The lowest BCUT2D eigenvalue weighted by Gasteiger charge is -2.33. The van der Waals surface area contributed by atoms with Crippen molar-refractivity contribution in [3.05, 3.63) is 176 Å². The SMILES string of the molecule is c1ccc2c(c1)Sc1ccccc1N2c1cc(-c2ccc3ccccc3c2)cc(-c2ccc3c4ccccc4c4ccccc4c3c2)c1. The van der Waals surface area contributed by atoms with Crippen LogP contribution in [-0.2, 0) is 0 Å². The summed E-state index contributed by atoms with van der Waals surface area (Å²) in [7, 11) is 0. The van der Waals surface area contributed by atoms with Crippen molar-refractivity contribution in [2.24, 2.45) is 0 Å². The maximum absolute atomic E-state index is 2.44. The van der Waals surface area contributed by atoms with Crippen molar-refractivity contribution in [1.82, 2.24) is 0 Å². The molecule has 0 spiro atoms. The monoisotopic (exact) mass is 627 g/mol. The van der Waals surface area contributed by atoms with Crippen LogP contribution in [0.15, 0.2) is 186 Å². The van der Waals surface area contributed by atoms with Crippen LogP contribution in [-0.4, -0.2) is 0 Å². The van der Waals surface area contributed by atoms with Crippen LogP contribution in [0.5, 0.6) is 0 Å². The molecule has 1 heterocycles. The molecule has 10 rings (SSSR count). The van der Waals surface area contributed by atoms with E-state index in [0.29, 0.717) is 0 Å². The summed E-state index contributed by atoms with van der Waals surface area (Å²) in [6, 6.07) is 64.7. The number of fused-ring (bicyclic) bond motifs is 9. The summed E-state index contributed by atoms with van der Waals surface area (Å²) in [5.74, 6) is 0. The first-order chi connectivity index (χ1) is 23.8. The van der Waals surface area contributed by atoms with Gasteiger partial charge in [0, 0.05) is 15.5 Å². The van der Waals surface area contributed by atoms with Gasteiger partial charge >= 0.3 is 0 Å². The van der Waals surface area contributed by atoms with Crippen LogP contribution in [0.3, 0.4) is 0 Å². The quantitative estimate of drug-likeness (QED) is 0.179. The second kappa shape index (κ2) is 10.9. The summed E-state index contributed by atoms with van der Waals surface area (Å²) in [6.45, 7) is 0. The average molecular weight is 628 g/mol. The molecule has 224 valence electrons. The lowest BCUT2D eigenvalue weighted by atomic mass is 9.91. The van der Waals surface area contributed by atoms with Crippen LogP contribution < -0.4 is 4.90 Å². The minimum atomic E-state index is 1.15. The molecular formula is C46H29NS. The molecule has 0 bridgehead atoms. The third-order valence-corrected chi connectivity index (χ3v) is 10.9. The Hall–Kier alpha value is -5.83. The highest BCUT2D eigenvalue weighted by Gasteiger charge is 2.25. The summed E-state index contributed by atoms with van der Waals surface area (Å²) in [4.78, 5) is 4.97. The van der Waals surface area contributed by atoms with E-state index in [0.717, 1.165) is 5.69 Å². The van der Waals surface area contributed by atoms with E-state index in [1.165, 1.54) is 86.5 Å². The molecule has 0 radical (unpaired) electrons. The first-order valence-corrected chi connectivity index (χ1v) is 17.2. The first kappa shape index (κ1) is 27.3. The average Bonchev–Trinajstić information content (AvgIpc) is 3.16. The van der Waals surface area contributed by atoms with Gasteiger partial charge in [-0.2, -0.15) is 0 Å². The van der Waals surface area contributed by atoms with Gasteiger partial charge in [-0.05, 0) is 120 Å². The smallest absolute Gasteiger partial charge is 0.0601 e. The molecule has 0 aromatic heterocycles. The fraction of sp³-hybridized carbons (Fsp3) is 0. The molecule has 0 N–H and O–H groups in total. The molecule has 1 aliphatic rings. The van der Waals surface area contributed by atoms with Gasteiger partial charge in [0.15, 0.2) is 0 Å². The van der Waals surface area contributed by atoms with Gasteiger partial charge in [0.2, 0.25) is 0 Å². The van der Waals surface area contributed by atoms with Gasteiger partial charge in [0.05, 0.1) is 11.4 Å². The topological polar surface area (TPSA) is 3.24 Å². The van der Waals surface area contributed by atoms with Crippen LogP contribution >= 0.6 is 11.8 Å². The zero-order chi connectivity index (χ0) is 31.6. The molecule has 0 atom stereocenters. The summed E-state index contributed by atoms with van der Waals surface area (Å²) < 4.78 is 0. The van der Waals surface area contributed by atoms with E-state index in [1.54, 1.807) is 0 Å². The van der Waals surface area contributed by atoms with Gasteiger partial charge in [-0.1, -0.05) is 133 Å². The number of benzene rings is 9. The number of rotatable bonds is 3. The minimum absolute atomic E-state index is 1.15. The van der Waals surface area contributed by atoms with Crippen molar-refractivity contribution in [1.29, 1.82) is 0 Å². The number of hydrogen-bond acceptors (Lipinski definition) is 2. The van der Waals surface area contributed by atoms with E-state index in [4.69, 9.17) is 0 Å². The van der Waals surface area contributed by atoms with Crippen LogP contribution in [0, 0.1) is 0 Å². The van der Waals surface area contributed by atoms with Gasteiger partial charge < -0.3 is 4.90 Å². The summed E-state index contributed by atoms with van der Waals surface area (Å²) in [5.41, 5.74) is 8.38. The van der Waals surface area contributed by atoms with Gasteiger partial charge in [0.1, 0.15) is 0 Å². The lowest BCUT2D eigenvalue weighted by Crippen LogP contribution is -2.14. The van der Waals surface area contributed by atoms with E-state index in [2.05, 4.69) is 181 Å². The second-order valence-corrected chi connectivity index (χ2v) is 13.6. The molecule has 9 aromatic rings. The highest BCUT2D eigenvalue weighted by atomic mass is 32.2. The summed E-state index contributed by atoms with van der Waals surface area (Å²) in [6.07, 6.45) is 0. The Morgan fingerprint density at radius 3 is 1.44 bits per heavy atom. The zero-order valence-corrected chi connectivity index (χ0v) is 26.9. The van der Waals surface area contributed by atoms with Crippen LogP contribution in [0.2, 0.25) is 0 Å². The van der Waals surface area contributed by atoms with Crippen LogP contribution in [0.25, 0.3) is 65.3 Å². The Kier molecular flexibility index (Phi) is 6.18. The number of hydrogen-bond donors (Lipinski definition) is 0. The molecule has 0 aliphatic carbocycles. The molecule has 48 heavy (non-hydrogen) atoms. The number of anilines is 3. The molecule has 0 fully saturated rings. The number of nitrogens with zero attached hydrogens (tertiary/aromatic N) is 1. The molecule has 0 saturated heterocycles. The standard InChI is InChI=1S/C46H29NS/c1-2-12-31-25-32(22-21-30(31)11-1)34-26-35(28-36(27-34)47-43-17-7-9-19-45(43)48-46-20-10-8-18-44(46)47)33-23-24-41-39-15-4-3-13-37(39)38-14-5-6-16-40(38)42(41)29-33/h1-29H. The fourth-order valence-corrected chi connectivity index (χ4v) is 8.57. The largest absolute Gasteiger partial charge is 0.308 e. The molecule has 1 aliphatic heterocycles. The Bertz CT molecular complexity index is 2640. The molecular weight excluding hydrogens is 599 g/mol. The molecule has 2 heteroatoms. The summed E-state index contributed by atoms with van der Waals surface area (Å²) >= 11 is 1.85. The first-order valence-electron chi connectivity index (χ1n) is 16.4. The van der Waals surface area contributed by atoms with E-state index < -0.39 is 0 Å². The van der Waals surface area contributed by atoms with Gasteiger partial charge in [-0.3, -0.25) is 0 Å². The van der Waals surface area contributed by atoms with Crippen molar-refractivity contribution in [2.75, 3.05) is 4.90 Å². The summed E-state index contributed by atoms with van der Waals surface area (Å²) in [5, 5.41) is 10.2. The van der Waals surface area contributed by atoms with Crippen LogP contribution in [0.1, 0.15) is 0 Å². The lowest BCUT2D eigenvalue weighted by molar-refractivity contribution is 1.17. The molecule has 0 saturated carbocycles. The highest BCUT2D eigenvalue weighted by Crippen LogP contribution is 2.52. The Morgan fingerprint density at radius 2 is 0.792 bits per heavy atom. The van der Waals surface area contributed by atoms with Crippen molar-refractivity contribution in [3.63, 3.8) is 0 Å². The van der Waals surface area contributed by atoms with E-state index in [9.17, 15) is 0 Å². The molecule has 0 unspecified atom stereocenters. The maximum Gasteiger partial charge on any atom is 0.0601 e. The van der Waals surface area contributed by atoms with E-state index in [1.807, 2.05) is 11.8 Å². The Balaban J connectivity index is 1.24. The predicted molar refractivity (Wildman–Crippen MR) is 206 cm³/mol. The predicted octanol–water partition coefficient (Wildman–Crippen LogP) is 13.6. The molecule has 0 amide bonds. The van der Waals surface area contributed by atoms with E-state index >= 15 is 0 Å². The Labute approximate surface area is 283 Å². The van der Waals surface area contributed by atoms with Gasteiger partial charge in [-0.15, -0.1) is 0 Å².